The molecule has 0 amide bonds. The molecule has 1 atom stereocenters. The first-order valence-electron chi connectivity index (χ1n) is 6.72. The molecule has 0 aliphatic carbocycles. The zero-order chi connectivity index (χ0) is 14.7. The first-order chi connectivity index (χ1) is 9.47. The van der Waals surface area contributed by atoms with E-state index in [0.29, 0.717) is 12.1 Å². The molecule has 0 saturated carbocycles. The number of anilines is 1. The number of benzene rings is 2. The highest BCUT2D eigenvalue weighted by atomic mass is 19.1. The zero-order valence-electron chi connectivity index (χ0n) is 12.1. The van der Waals surface area contributed by atoms with Gasteiger partial charge in [0.05, 0.1) is 6.10 Å². The average Bonchev–Trinajstić information content (AvgIpc) is 2.40. The van der Waals surface area contributed by atoms with Crippen LogP contribution in [-0.4, -0.2) is 11.7 Å². The number of rotatable bonds is 4. The van der Waals surface area contributed by atoms with Gasteiger partial charge in [0.1, 0.15) is 5.82 Å². The molecule has 106 valence electrons. The third-order valence-corrected chi connectivity index (χ3v) is 3.43. The fourth-order valence-corrected chi connectivity index (χ4v) is 2.21. The molecule has 0 fully saturated rings. The molecule has 0 bridgehead atoms. The van der Waals surface area contributed by atoms with E-state index in [4.69, 9.17) is 0 Å². The van der Waals surface area contributed by atoms with Crippen LogP contribution in [0.15, 0.2) is 36.4 Å². The number of nitrogens with one attached hydrogen (secondary N) is 1. The van der Waals surface area contributed by atoms with Crippen molar-refractivity contribution in [1.82, 2.24) is 0 Å². The molecule has 2 nitrogen and oxygen atoms in total. The second-order valence-electron chi connectivity index (χ2n) is 5.22. The van der Waals surface area contributed by atoms with E-state index in [0.717, 1.165) is 16.8 Å². The number of hydrogen-bond acceptors (Lipinski definition) is 2. The van der Waals surface area contributed by atoms with Crippen LogP contribution in [0.3, 0.4) is 0 Å². The Labute approximate surface area is 119 Å². The molecule has 0 aromatic heterocycles. The van der Waals surface area contributed by atoms with E-state index in [1.165, 1.54) is 11.6 Å². The van der Waals surface area contributed by atoms with Crippen LogP contribution in [0.25, 0.3) is 0 Å². The van der Waals surface area contributed by atoms with Gasteiger partial charge >= 0.3 is 0 Å². The molecule has 0 aliphatic rings. The average molecular weight is 273 g/mol. The van der Waals surface area contributed by atoms with Crippen molar-refractivity contribution in [3.05, 3.63) is 64.5 Å². The zero-order valence-corrected chi connectivity index (χ0v) is 12.1. The van der Waals surface area contributed by atoms with Crippen molar-refractivity contribution in [3.63, 3.8) is 0 Å². The highest BCUT2D eigenvalue weighted by Gasteiger charge is 2.09. The Bertz CT molecular complexity index is 610. The molecule has 3 heteroatoms. The Morgan fingerprint density at radius 2 is 1.80 bits per heavy atom. The summed E-state index contributed by atoms with van der Waals surface area (Å²) in [7, 11) is 0. The summed E-state index contributed by atoms with van der Waals surface area (Å²) < 4.78 is 13.2. The maximum atomic E-state index is 13.2. The van der Waals surface area contributed by atoms with Gasteiger partial charge in [0.15, 0.2) is 0 Å². The van der Waals surface area contributed by atoms with E-state index in [-0.39, 0.29) is 5.82 Å². The quantitative estimate of drug-likeness (QED) is 0.885. The first-order valence-corrected chi connectivity index (χ1v) is 6.72. The Morgan fingerprint density at radius 1 is 1.05 bits per heavy atom. The molecule has 1 unspecified atom stereocenters. The van der Waals surface area contributed by atoms with Gasteiger partial charge in [-0.3, -0.25) is 0 Å². The summed E-state index contributed by atoms with van der Waals surface area (Å²) in [6.07, 6.45) is -0.657. The maximum Gasteiger partial charge on any atom is 0.126 e. The summed E-state index contributed by atoms with van der Waals surface area (Å²) in [6, 6.07) is 10.8. The molecule has 0 saturated heterocycles. The lowest BCUT2D eigenvalue weighted by molar-refractivity contribution is 0.191. The lowest BCUT2D eigenvalue weighted by atomic mass is 10.1. The smallest absolute Gasteiger partial charge is 0.126 e. The van der Waals surface area contributed by atoms with Crippen LogP contribution in [0.1, 0.15) is 28.4 Å². The van der Waals surface area contributed by atoms with Crippen molar-refractivity contribution in [1.29, 1.82) is 0 Å². The predicted octanol–water partition coefficient (Wildman–Crippen LogP) is 3.90. The van der Waals surface area contributed by atoms with Crippen molar-refractivity contribution in [3.8, 4) is 0 Å². The molecule has 0 spiro atoms. The molecule has 0 heterocycles. The maximum absolute atomic E-state index is 13.2. The van der Waals surface area contributed by atoms with Gasteiger partial charge in [-0.25, -0.2) is 4.39 Å². The fourth-order valence-electron chi connectivity index (χ4n) is 2.21. The van der Waals surface area contributed by atoms with Crippen LogP contribution in [0, 0.1) is 26.6 Å². The van der Waals surface area contributed by atoms with E-state index in [1.807, 2.05) is 26.0 Å². The van der Waals surface area contributed by atoms with Crippen LogP contribution >= 0.6 is 0 Å². The summed E-state index contributed by atoms with van der Waals surface area (Å²) in [6.45, 7) is 6.18. The van der Waals surface area contributed by atoms with Crippen molar-refractivity contribution < 1.29 is 9.50 Å². The molecule has 20 heavy (non-hydrogen) atoms. The van der Waals surface area contributed by atoms with Gasteiger partial charge in [-0.05, 0) is 49.6 Å². The second kappa shape index (κ2) is 6.06. The molecular formula is C17H20FNO. The van der Waals surface area contributed by atoms with Crippen molar-refractivity contribution in [2.45, 2.75) is 26.9 Å². The first kappa shape index (κ1) is 14.5. The Balaban J connectivity index is 2.04. The molecule has 2 aromatic carbocycles. The number of halogens is 1. The summed E-state index contributed by atoms with van der Waals surface area (Å²) in [5, 5.41) is 13.4. The summed E-state index contributed by atoms with van der Waals surface area (Å²) in [5.41, 5.74) is 4.64. The molecule has 2 rings (SSSR count). The summed E-state index contributed by atoms with van der Waals surface area (Å²) in [4.78, 5) is 0. The topological polar surface area (TPSA) is 32.3 Å². The Hall–Kier alpha value is -1.87. The van der Waals surface area contributed by atoms with Crippen LogP contribution in [0.5, 0.6) is 0 Å². The van der Waals surface area contributed by atoms with Crippen molar-refractivity contribution in [2.24, 2.45) is 0 Å². The van der Waals surface area contributed by atoms with E-state index in [2.05, 4.69) is 11.4 Å². The molecule has 2 aromatic rings. The van der Waals surface area contributed by atoms with Gasteiger partial charge in [-0.1, -0.05) is 29.8 Å². The SMILES string of the molecule is Cc1ccc(NCC(O)c2ccc(F)c(C)c2)c(C)c1. The lowest BCUT2D eigenvalue weighted by Gasteiger charge is -2.15. The normalized spacial score (nSPS) is 12.2. The fraction of sp³-hybridized carbons (Fsp3) is 0.294. The van der Waals surface area contributed by atoms with Gasteiger partial charge in [0.2, 0.25) is 0 Å². The largest absolute Gasteiger partial charge is 0.387 e. The number of aryl methyl sites for hydroxylation is 3. The van der Waals surface area contributed by atoms with Crippen molar-refractivity contribution in [2.75, 3.05) is 11.9 Å². The van der Waals surface area contributed by atoms with Gasteiger partial charge in [-0.2, -0.15) is 0 Å². The Morgan fingerprint density at radius 3 is 2.45 bits per heavy atom. The van der Waals surface area contributed by atoms with E-state index < -0.39 is 6.10 Å². The van der Waals surface area contributed by atoms with Gasteiger partial charge in [0.25, 0.3) is 0 Å². The molecule has 2 N–H and O–H groups in total. The second-order valence-corrected chi connectivity index (χ2v) is 5.22. The van der Waals surface area contributed by atoms with Crippen molar-refractivity contribution >= 4 is 5.69 Å². The van der Waals surface area contributed by atoms with Gasteiger partial charge < -0.3 is 10.4 Å². The van der Waals surface area contributed by atoms with Crippen LogP contribution in [-0.2, 0) is 0 Å². The van der Waals surface area contributed by atoms with Crippen LogP contribution < -0.4 is 5.32 Å². The standard InChI is InChI=1S/C17H20FNO/c1-11-4-7-16(13(3)8-11)19-10-17(20)14-5-6-15(18)12(2)9-14/h4-9,17,19-20H,10H2,1-3H3. The van der Waals surface area contributed by atoms with E-state index in [9.17, 15) is 9.50 Å². The van der Waals surface area contributed by atoms with E-state index in [1.54, 1.807) is 19.1 Å². The van der Waals surface area contributed by atoms with Gasteiger partial charge in [-0.15, -0.1) is 0 Å². The monoisotopic (exact) mass is 273 g/mol. The number of aliphatic hydroxyl groups excluding tert-OH is 1. The third-order valence-electron chi connectivity index (χ3n) is 3.43. The molecular weight excluding hydrogens is 253 g/mol. The molecule has 0 radical (unpaired) electrons. The summed E-state index contributed by atoms with van der Waals surface area (Å²) >= 11 is 0. The van der Waals surface area contributed by atoms with Crippen LogP contribution in [0.4, 0.5) is 10.1 Å². The van der Waals surface area contributed by atoms with Crippen LogP contribution in [0.2, 0.25) is 0 Å². The van der Waals surface area contributed by atoms with E-state index >= 15 is 0 Å². The minimum atomic E-state index is -0.657. The molecule has 0 aliphatic heterocycles. The minimum absolute atomic E-state index is 0.247. The highest BCUT2D eigenvalue weighted by molar-refractivity contribution is 5.52. The predicted molar refractivity (Wildman–Crippen MR) is 80.5 cm³/mol. The highest BCUT2D eigenvalue weighted by Crippen LogP contribution is 2.20. The Kier molecular flexibility index (Phi) is 4.40. The number of aliphatic hydroxyl groups is 1. The minimum Gasteiger partial charge on any atom is -0.387 e. The summed E-state index contributed by atoms with van der Waals surface area (Å²) in [5.74, 6) is -0.247. The van der Waals surface area contributed by atoms with Gasteiger partial charge in [0, 0.05) is 12.2 Å². The lowest BCUT2D eigenvalue weighted by Crippen LogP contribution is -2.13. The number of hydrogen-bond donors (Lipinski definition) is 2. The third kappa shape index (κ3) is 3.36.